The maximum atomic E-state index is 13.7. The van der Waals surface area contributed by atoms with Crippen molar-refractivity contribution < 1.29 is 32.7 Å². The van der Waals surface area contributed by atoms with E-state index in [4.69, 9.17) is 16.3 Å². The average Bonchev–Trinajstić information content (AvgIpc) is 3.49. The molecule has 0 aliphatic heterocycles. The first kappa shape index (κ1) is 31.0. The number of hydrogen-bond donors (Lipinski definition) is 2. The molecule has 2 N–H and O–H groups in total. The quantitative estimate of drug-likeness (QED) is 0.168. The number of Topliss-reactive ketones (excluding diaryl/α,β-unsaturated/α-hetero) is 1. The van der Waals surface area contributed by atoms with E-state index in [1.807, 2.05) is 0 Å². The van der Waals surface area contributed by atoms with E-state index in [1.165, 1.54) is 25.4 Å². The fourth-order valence-corrected chi connectivity index (χ4v) is 4.62. The Morgan fingerprint density at radius 1 is 0.867 bits per heavy atom. The first-order valence-corrected chi connectivity index (χ1v) is 13.9. The van der Waals surface area contributed by atoms with E-state index in [-0.39, 0.29) is 42.1 Å². The number of nitrogens with one attached hydrogen (secondary N) is 2. The van der Waals surface area contributed by atoms with Gasteiger partial charge in [-0.25, -0.2) is 23.1 Å². The van der Waals surface area contributed by atoms with Gasteiger partial charge in [0.1, 0.15) is 11.4 Å². The predicted octanol–water partition coefficient (Wildman–Crippen LogP) is 4.73. The molecule has 2 heterocycles. The van der Waals surface area contributed by atoms with Crippen molar-refractivity contribution in [3.63, 3.8) is 0 Å². The standard InChI is InChI=1S/C32H24ClF2N5O5/c1-45-32(44)20-9-6-18(7-10-20)15-37-31(43)27-14-26(30(42)36-16-19-8-11-24(34)25(35)12-19)39-29-22(17-38-40(27)29)28(41)13-21-4-2-3-5-23(21)33/h2-12,14,17H,13,15-16H2,1H3,(H,36,42)(H,37,43). The van der Waals surface area contributed by atoms with Gasteiger partial charge in [0.25, 0.3) is 11.8 Å². The molecule has 0 aliphatic rings. The summed E-state index contributed by atoms with van der Waals surface area (Å²) in [4.78, 5) is 56.0. The second kappa shape index (κ2) is 13.4. The lowest BCUT2D eigenvalue weighted by Crippen LogP contribution is -2.28. The van der Waals surface area contributed by atoms with E-state index in [9.17, 15) is 28.0 Å². The minimum absolute atomic E-state index is 0.0416. The number of amides is 2. The summed E-state index contributed by atoms with van der Waals surface area (Å²) in [6, 6.07) is 17.6. The van der Waals surface area contributed by atoms with Crippen molar-refractivity contribution in [3.05, 3.63) is 135 Å². The summed E-state index contributed by atoms with van der Waals surface area (Å²) in [7, 11) is 1.27. The van der Waals surface area contributed by atoms with Gasteiger partial charge in [-0.15, -0.1) is 0 Å². The Labute approximate surface area is 260 Å². The summed E-state index contributed by atoms with van der Waals surface area (Å²) in [5.74, 6) is -4.37. The highest BCUT2D eigenvalue weighted by Crippen LogP contribution is 2.20. The molecule has 0 atom stereocenters. The molecule has 3 aromatic carbocycles. The van der Waals surface area contributed by atoms with Crippen molar-refractivity contribution in [3.8, 4) is 0 Å². The molecule has 5 aromatic rings. The normalized spacial score (nSPS) is 10.8. The number of esters is 1. The zero-order chi connectivity index (χ0) is 32.1. The smallest absolute Gasteiger partial charge is 0.337 e. The molecule has 0 saturated heterocycles. The van der Waals surface area contributed by atoms with E-state index in [2.05, 4.69) is 20.7 Å². The van der Waals surface area contributed by atoms with E-state index in [0.717, 1.165) is 16.6 Å². The molecule has 2 aromatic heterocycles. The van der Waals surface area contributed by atoms with Crippen molar-refractivity contribution >= 4 is 40.8 Å². The Morgan fingerprint density at radius 3 is 2.27 bits per heavy atom. The molecular weight excluding hydrogens is 608 g/mol. The highest BCUT2D eigenvalue weighted by Gasteiger charge is 2.23. The van der Waals surface area contributed by atoms with Gasteiger partial charge in [-0.1, -0.05) is 48.0 Å². The SMILES string of the molecule is COC(=O)c1ccc(CNC(=O)c2cc(C(=O)NCc3ccc(F)c(F)c3)nc3c(C(=O)Cc4ccccc4Cl)cnn23)cc1. The van der Waals surface area contributed by atoms with Crippen molar-refractivity contribution in [1.29, 1.82) is 0 Å². The van der Waals surface area contributed by atoms with Gasteiger partial charge in [-0.3, -0.25) is 14.4 Å². The second-order valence-electron chi connectivity index (χ2n) is 9.81. The minimum atomic E-state index is -1.07. The number of ether oxygens (including phenoxy) is 1. The van der Waals surface area contributed by atoms with Gasteiger partial charge in [0, 0.05) is 30.6 Å². The minimum Gasteiger partial charge on any atom is -0.465 e. The molecule has 13 heteroatoms. The largest absolute Gasteiger partial charge is 0.465 e. The van der Waals surface area contributed by atoms with E-state index in [1.54, 1.807) is 48.5 Å². The average molecular weight is 632 g/mol. The number of aromatic nitrogens is 3. The van der Waals surface area contributed by atoms with Crippen molar-refractivity contribution in [2.75, 3.05) is 7.11 Å². The van der Waals surface area contributed by atoms with E-state index in [0.29, 0.717) is 27.3 Å². The first-order valence-electron chi connectivity index (χ1n) is 13.5. The number of ketones is 1. The van der Waals surface area contributed by atoms with Gasteiger partial charge in [0.05, 0.1) is 24.4 Å². The first-order chi connectivity index (χ1) is 21.6. The fourth-order valence-electron chi connectivity index (χ4n) is 4.42. The number of carbonyl (C=O) groups is 4. The predicted molar refractivity (Wildman–Crippen MR) is 159 cm³/mol. The van der Waals surface area contributed by atoms with Crippen LogP contribution in [-0.4, -0.2) is 45.3 Å². The lowest BCUT2D eigenvalue weighted by atomic mass is 10.1. The van der Waals surface area contributed by atoms with Crippen LogP contribution in [0.1, 0.15) is 58.4 Å². The number of fused-ring (bicyclic) bond motifs is 1. The topological polar surface area (TPSA) is 132 Å². The molecule has 0 spiro atoms. The summed E-state index contributed by atoms with van der Waals surface area (Å²) in [6.07, 6.45) is 1.17. The third kappa shape index (κ3) is 7.02. The van der Waals surface area contributed by atoms with Crippen LogP contribution in [0.5, 0.6) is 0 Å². The molecule has 228 valence electrons. The number of carbonyl (C=O) groups excluding carboxylic acids is 4. The Hall–Kier alpha value is -5.49. The number of nitrogens with zero attached hydrogens (tertiary/aromatic N) is 3. The Balaban J connectivity index is 1.44. The van der Waals surface area contributed by atoms with Gasteiger partial charge in [-0.2, -0.15) is 5.10 Å². The second-order valence-corrected chi connectivity index (χ2v) is 10.2. The number of hydrogen-bond acceptors (Lipinski definition) is 7. The lowest BCUT2D eigenvalue weighted by molar-refractivity contribution is 0.0600. The molecule has 5 rings (SSSR count). The summed E-state index contributed by atoms with van der Waals surface area (Å²) in [5.41, 5.74) is 1.57. The van der Waals surface area contributed by atoms with Gasteiger partial charge in [0.15, 0.2) is 23.1 Å². The highest BCUT2D eigenvalue weighted by atomic mass is 35.5. The summed E-state index contributed by atoms with van der Waals surface area (Å²) in [5, 5.41) is 9.91. The van der Waals surface area contributed by atoms with Crippen LogP contribution in [0.2, 0.25) is 5.02 Å². The van der Waals surface area contributed by atoms with Crippen LogP contribution in [0.25, 0.3) is 5.65 Å². The lowest BCUT2D eigenvalue weighted by Gasteiger charge is -2.11. The third-order valence-corrected chi connectivity index (χ3v) is 7.18. The molecular formula is C32H24ClF2N5O5. The van der Waals surface area contributed by atoms with Crippen LogP contribution in [0.3, 0.4) is 0 Å². The van der Waals surface area contributed by atoms with Crippen LogP contribution in [-0.2, 0) is 24.2 Å². The van der Waals surface area contributed by atoms with Crippen molar-refractivity contribution in [2.45, 2.75) is 19.5 Å². The van der Waals surface area contributed by atoms with E-state index >= 15 is 0 Å². The molecule has 10 nitrogen and oxygen atoms in total. The molecule has 0 fully saturated rings. The van der Waals surface area contributed by atoms with Gasteiger partial charge in [-0.05, 0) is 47.0 Å². The monoisotopic (exact) mass is 631 g/mol. The van der Waals surface area contributed by atoms with Gasteiger partial charge in [0.2, 0.25) is 0 Å². The zero-order valence-electron chi connectivity index (χ0n) is 23.6. The van der Waals surface area contributed by atoms with Crippen LogP contribution in [0.15, 0.2) is 79.0 Å². The van der Waals surface area contributed by atoms with Gasteiger partial charge >= 0.3 is 5.97 Å². The fraction of sp³-hybridized carbons (Fsp3) is 0.125. The molecule has 45 heavy (non-hydrogen) atoms. The summed E-state index contributed by atoms with van der Waals surface area (Å²) < 4.78 is 32.8. The molecule has 2 amide bonds. The molecule has 0 unspecified atom stereocenters. The number of benzene rings is 3. The number of rotatable bonds is 10. The molecule has 0 aliphatic carbocycles. The van der Waals surface area contributed by atoms with Gasteiger partial charge < -0.3 is 15.4 Å². The van der Waals surface area contributed by atoms with Crippen molar-refractivity contribution in [1.82, 2.24) is 25.2 Å². The number of methoxy groups -OCH3 is 1. The van der Waals surface area contributed by atoms with Crippen molar-refractivity contribution in [2.24, 2.45) is 0 Å². The maximum Gasteiger partial charge on any atom is 0.337 e. The van der Waals surface area contributed by atoms with E-state index < -0.39 is 35.2 Å². The Kier molecular flexibility index (Phi) is 9.24. The molecule has 0 radical (unpaired) electrons. The highest BCUT2D eigenvalue weighted by molar-refractivity contribution is 6.31. The summed E-state index contributed by atoms with van der Waals surface area (Å²) >= 11 is 6.24. The van der Waals surface area contributed by atoms with Crippen LogP contribution in [0, 0.1) is 11.6 Å². The molecule has 0 bridgehead atoms. The Morgan fingerprint density at radius 2 is 1.56 bits per heavy atom. The maximum absolute atomic E-state index is 13.7. The molecule has 0 saturated carbocycles. The summed E-state index contributed by atoms with van der Waals surface area (Å²) in [6.45, 7) is -0.106. The third-order valence-electron chi connectivity index (χ3n) is 6.81. The zero-order valence-corrected chi connectivity index (χ0v) is 24.4. The Bertz CT molecular complexity index is 1940. The van der Waals surface area contributed by atoms with Crippen LogP contribution in [0.4, 0.5) is 8.78 Å². The number of halogens is 3. The van der Waals surface area contributed by atoms with Crippen LogP contribution >= 0.6 is 11.6 Å². The van der Waals surface area contributed by atoms with Crippen LogP contribution < -0.4 is 10.6 Å².